The fraction of sp³-hybridized carbons (Fsp3) is 0.812. The number of Topliss-reactive ketones (excluding diaryl/α,β-unsaturated/α-hetero) is 1. The van der Waals surface area contributed by atoms with Crippen molar-refractivity contribution in [1.82, 2.24) is 0 Å². The quantitative estimate of drug-likeness (QED) is 0.383. The van der Waals surface area contributed by atoms with Gasteiger partial charge in [-0.15, -0.1) is 0 Å². The third-order valence-electron chi connectivity index (χ3n) is 3.76. The Kier molecular flexibility index (Phi) is 8.04. The lowest BCUT2D eigenvalue weighted by molar-refractivity contribution is -0.129. The summed E-state index contributed by atoms with van der Waals surface area (Å²) in [6.07, 6.45) is 18.2. The van der Waals surface area contributed by atoms with E-state index < -0.39 is 0 Å². The summed E-state index contributed by atoms with van der Waals surface area (Å²) in [5.74, 6) is 0.949. The van der Waals surface area contributed by atoms with Crippen molar-refractivity contribution in [3.63, 3.8) is 0 Å². The number of hydrogen-bond acceptors (Lipinski definition) is 1. The molecule has 1 rings (SSSR count). The molecule has 0 amide bonds. The number of hydrogen-bond donors (Lipinski definition) is 0. The van der Waals surface area contributed by atoms with Crippen molar-refractivity contribution in [1.29, 1.82) is 0 Å². The number of allylic oxidation sites excluding steroid dienone is 2. The van der Waals surface area contributed by atoms with E-state index in [1.165, 1.54) is 51.4 Å². The van der Waals surface area contributed by atoms with E-state index in [1.54, 1.807) is 0 Å². The Bertz CT molecular complexity index is 230. The number of rotatable bonds is 10. The van der Waals surface area contributed by atoms with Crippen LogP contribution in [-0.4, -0.2) is 5.78 Å². The van der Waals surface area contributed by atoms with Gasteiger partial charge in [0.15, 0.2) is 0 Å². The summed E-state index contributed by atoms with van der Waals surface area (Å²) in [4.78, 5) is 11.1. The van der Waals surface area contributed by atoms with Gasteiger partial charge in [-0.3, -0.25) is 4.79 Å². The van der Waals surface area contributed by atoms with Gasteiger partial charge in [-0.1, -0.05) is 44.8 Å². The molecule has 0 spiro atoms. The van der Waals surface area contributed by atoms with Gasteiger partial charge in [0, 0.05) is 12.3 Å². The van der Waals surface area contributed by atoms with Gasteiger partial charge in [-0.05, 0) is 38.5 Å². The van der Waals surface area contributed by atoms with E-state index in [9.17, 15) is 4.79 Å². The second-order valence-electron chi connectivity index (χ2n) is 5.31. The zero-order chi connectivity index (χ0) is 12.3. The van der Waals surface area contributed by atoms with Gasteiger partial charge in [0.1, 0.15) is 5.78 Å². The van der Waals surface area contributed by atoms with Gasteiger partial charge < -0.3 is 0 Å². The van der Waals surface area contributed by atoms with Crippen molar-refractivity contribution in [3.05, 3.63) is 12.2 Å². The summed E-state index contributed by atoms with van der Waals surface area (Å²) in [6.45, 7) is 2.25. The maximum absolute atomic E-state index is 11.1. The van der Waals surface area contributed by atoms with Crippen LogP contribution in [0.5, 0.6) is 0 Å². The number of ketones is 1. The van der Waals surface area contributed by atoms with Gasteiger partial charge >= 0.3 is 0 Å². The summed E-state index contributed by atoms with van der Waals surface area (Å²) >= 11 is 0. The summed E-state index contributed by atoms with van der Waals surface area (Å²) < 4.78 is 0. The predicted molar refractivity (Wildman–Crippen MR) is 74.1 cm³/mol. The highest BCUT2D eigenvalue weighted by atomic mass is 16.1. The standard InChI is InChI=1S/C16H28O/c1-2-3-4-5-6-7-8-9-10-11-12-15-13-14-16(15)17/h7-8,15H,2-6,9-14H2,1H3. The second-order valence-corrected chi connectivity index (χ2v) is 5.31. The minimum absolute atomic E-state index is 0.438. The molecule has 1 unspecified atom stereocenters. The van der Waals surface area contributed by atoms with E-state index in [0.717, 1.165) is 19.3 Å². The normalized spacial score (nSPS) is 19.8. The SMILES string of the molecule is CCCCCCC=CCCCCC1CCC1=O. The first kappa shape index (κ1) is 14.5. The molecule has 1 aliphatic rings. The average molecular weight is 236 g/mol. The van der Waals surface area contributed by atoms with E-state index in [4.69, 9.17) is 0 Å². The first-order valence-corrected chi connectivity index (χ1v) is 7.52. The number of carbonyl (C=O) groups is 1. The Morgan fingerprint density at radius 1 is 1.06 bits per heavy atom. The van der Waals surface area contributed by atoms with Gasteiger partial charge in [0.25, 0.3) is 0 Å². The molecule has 1 aliphatic carbocycles. The van der Waals surface area contributed by atoms with Crippen LogP contribution in [0.4, 0.5) is 0 Å². The van der Waals surface area contributed by atoms with Crippen LogP contribution in [0.25, 0.3) is 0 Å². The highest BCUT2D eigenvalue weighted by molar-refractivity contribution is 5.86. The second kappa shape index (κ2) is 9.44. The minimum atomic E-state index is 0.438. The molecule has 1 saturated carbocycles. The van der Waals surface area contributed by atoms with Crippen LogP contribution in [0.15, 0.2) is 12.2 Å². The Balaban J connectivity index is 1.80. The number of unbranched alkanes of at least 4 members (excludes halogenated alkanes) is 6. The third-order valence-corrected chi connectivity index (χ3v) is 3.76. The lowest BCUT2D eigenvalue weighted by Crippen LogP contribution is -2.25. The van der Waals surface area contributed by atoms with Crippen LogP contribution in [0.2, 0.25) is 0 Å². The molecule has 0 aliphatic heterocycles. The average Bonchev–Trinajstić information content (AvgIpc) is 2.34. The van der Waals surface area contributed by atoms with Crippen molar-refractivity contribution in [2.24, 2.45) is 5.92 Å². The fourth-order valence-corrected chi connectivity index (χ4v) is 2.35. The molecular weight excluding hydrogens is 208 g/mol. The van der Waals surface area contributed by atoms with E-state index in [2.05, 4.69) is 19.1 Å². The van der Waals surface area contributed by atoms with E-state index in [1.807, 2.05) is 0 Å². The van der Waals surface area contributed by atoms with Crippen molar-refractivity contribution < 1.29 is 4.79 Å². The molecule has 0 bridgehead atoms. The summed E-state index contributed by atoms with van der Waals surface area (Å²) in [7, 11) is 0. The first-order chi connectivity index (χ1) is 8.34. The third kappa shape index (κ3) is 6.65. The first-order valence-electron chi connectivity index (χ1n) is 7.52. The maximum Gasteiger partial charge on any atom is 0.136 e. The Morgan fingerprint density at radius 2 is 1.76 bits per heavy atom. The molecule has 0 heterocycles. The maximum atomic E-state index is 11.1. The van der Waals surface area contributed by atoms with Crippen molar-refractivity contribution >= 4 is 5.78 Å². The number of carbonyl (C=O) groups excluding carboxylic acids is 1. The molecule has 0 aromatic carbocycles. The van der Waals surface area contributed by atoms with Crippen LogP contribution >= 0.6 is 0 Å². The molecule has 0 aromatic rings. The molecule has 0 aromatic heterocycles. The molecule has 1 fully saturated rings. The van der Waals surface area contributed by atoms with Gasteiger partial charge in [0.05, 0.1) is 0 Å². The monoisotopic (exact) mass is 236 g/mol. The molecule has 98 valence electrons. The molecule has 1 atom stereocenters. The lowest BCUT2D eigenvalue weighted by Gasteiger charge is -2.23. The van der Waals surface area contributed by atoms with Crippen LogP contribution in [0.1, 0.15) is 77.6 Å². The van der Waals surface area contributed by atoms with Gasteiger partial charge in [-0.25, -0.2) is 0 Å². The van der Waals surface area contributed by atoms with Crippen molar-refractivity contribution in [2.45, 2.75) is 77.6 Å². The Labute approximate surface area is 107 Å². The molecule has 1 heteroatoms. The van der Waals surface area contributed by atoms with Gasteiger partial charge in [0.2, 0.25) is 0 Å². The van der Waals surface area contributed by atoms with Crippen LogP contribution in [-0.2, 0) is 4.79 Å². The lowest BCUT2D eigenvalue weighted by atomic mass is 9.80. The van der Waals surface area contributed by atoms with Crippen LogP contribution < -0.4 is 0 Å². The predicted octanol–water partition coefficient (Wildman–Crippen LogP) is 5.05. The van der Waals surface area contributed by atoms with Crippen LogP contribution in [0, 0.1) is 5.92 Å². The molecule has 0 saturated heterocycles. The Hall–Kier alpha value is -0.590. The van der Waals surface area contributed by atoms with Gasteiger partial charge in [-0.2, -0.15) is 0 Å². The largest absolute Gasteiger partial charge is 0.299 e. The highest BCUT2D eigenvalue weighted by Crippen LogP contribution is 2.27. The minimum Gasteiger partial charge on any atom is -0.299 e. The van der Waals surface area contributed by atoms with E-state index >= 15 is 0 Å². The molecule has 0 radical (unpaired) electrons. The zero-order valence-corrected chi connectivity index (χ0v) is 11.4. The molecule has 0 N–H and O–H groups in total. The van der Waals surface area contributed by atoms with E-state index in [0.29, 0.717) is 11.7 Å². The zero-order valence-electron chi connectivity index (χ0n) is 11.4. The molecular formula is C16H28O. The summed E-state index contributed by atoms with van der Waals surface area (Å²) in [5, 5.41) is 0. The fourth-order valence-electron chi connectivity index (χ4n) is 2.35. The molecule has 17 heavy (non-hydrogen) atoms. The summed E-state index contributed by atoms with van der Waals surface area (Å²) in [6, 6.07) is 0. The summed E-state index contributed by atoms with van der Waals surface area (Å²) in [5.41, 5.74) is 0. The Morgan fingerprint density at radius 3 is 2.29 bits per heavy atom. The topological polar surface area (TPSA) is 17.1 Å². The van der Waals surface area contributed by atoms with E-state index in [-0.39, 0.29) is 0 Å². The smallest absolute Gasteiger partial charge is 0.136 e. The van der Waals surface area contributed by atoms with Crippen molar-refractivity contribution in [3.8, 4) is 0 Å². The molecule has 1 nitrogen and oxygen atoms in total. The highest BCUT2D eigenvalue weighted by Gasteiger charge is 2.26. The van der Waals surface area contributed by atoms with Crippen molar-refractivity contribution in [2.75, 3.05) is 0 Å². The van der Waals surface area contributed by atoms with Crippen LogP contribution in [0.3, 0.4) is 0 Å².